The van der Waals surface area contributed by atoms with Crippen LogP contribution in [0.2, 0.25) is 0 Å². The van der Waals surface area contributed by atoms with Gasteiger partial charge in [0.2, 0.25) is 0 Å². The first-order chi connectivity index (χ1) is 24.4. The Hall–Kier alpha value is -0.239. The van der Waals surface area contributed by atoms with Crippen LogP contribution < -0.4 is 15.3 Å². The molecule has 0 aromatic carbocycles. The van der Waals surface area contributed by atoms with Gasteiger partial charge >= 0.3 is 40.8 Å². The molecular weight excluding hydrogens is 781 g/mol. The van der Waals surface area contributed by atoms with E-state index in [1.807, 2.05) is 0 Å². The van der Waals surface area contributed by atoms with Gasteiger partial charge in [-0.25, -0.2) is 0 Å². The zero-order chi connectivity index (χ0) is 39.4. The van der Waals surface area contributed by atoms with Gasteiger partial charge in [0.25, 0.3) is 0 Å². The Morgan fingerprint density at radius 1 is 0.288 bits per heavy atom. The van der Waals surface area contributed by atoms with E-state index in [9.17, 15) is 29.7 Å². The van der Waals surface area contributed by atoms with Crippen molar-refractivity contribution in [3.05, 3.63) is 0 Å². The van der Waals surface area contributed by atoms with E-state index in [4.69, 9.17) is 0 Å². The van der Waals surface area contributed by atoms with Crippen LogP contribution in [0, 0.1) is 57.1 Å². The summed E-state index contributed by atoms with van der Waals surface area (Å²) in [5.74, 6) is -2.47. The zero-order valence-electron chi connectivity index (χ0n) is 36.2. The third-order valence-electron chi connectivity index (χ3n) is 10.9. The van der Waals surface area contributed by atoms with Crippen molar-refractivity contribution >= 4 is 17.9 Å². The van der Waals surface area contributed by atoms with Crippen molar-refractivity contribution in [1.29, 1.82) is 0 Å². The monoisotopic (exact) mass is 866 g/mol. The number of rotatable bonds is 33. The minimum Gasteiger partial charge on any atom is -0.550 e. The van der Waals surface area contributed by atoms with Gasteiger partial charge in [0, 0.05) is 34.2 Å². The molecule has 0 atom stereocenters. The Morgan fingerprint density at radius 3 is 0.596 bits per heavy atom. The Morgan fingerprint density at radius 2 is 0.462 bits per heavy atom. The van der Waals surface area contributed by atoms with Gasteiger partial charge < -0.3 is 29.7 Å². The Labute approximate surface area is 357 Å². The third kappa shape index (κ3) is 27.4. The van der Waals surface area contributed by atoms with Crippen molar-refractivity contribution < 1.29 is 70.5 Å². The summed E-state index contributed by atoms with van der Waals surface area (Å²) in [4.78, 5) is 34.2. The molecule has 0 aromatic rings. The van der Waals surface area contributed by atoms with Crippen molar-refractivity contribution in [2.75, 3.05) is 0 Å². The van der Waals surface area contributed by atoms with Crippen LogP contribution in [0.5, 0.6) is 0 Å². The minimum absolute atomic E-state index is 0. The number of carboxylic acid groups (broad SMARTS) is 3. The summed E-state index contributed by atoms with van der Waals surface area (Å²) < 4.78 is 0. The largest absolute Gasteiger partial charge is 3.00 e. The van der Waals surface area contributed by atoms with E-state index < -0.39 is 34.2 Å². The first kappa shape index (κ1) is 58.5. The molecule has 0 unspecified atom stereocenters. The molecule has 0 saturated heterocycles. The SMILES string of the molecule is CCCCCCCC(CCC)(CCC)C(=O)[O-].CCCCCCCC(CCC)(CCC)C(=O)[O-].CCCCCCCC(CCC)(CCC)C(=O)[O-].[Nd+3]. The molecule has 0 rings (SSSR count). The maximum atomic E-state index is 11.4. The van der Waals surface area contributed by atoms with Gasteiger partial charge in [0.15, 0.2) is 0 Å². The molecule has 0 fully saturated rings. The summed E-state index contributed by atoms with van der Waals surface area (Å²) in [6.45, 7) is 18.9. The molecule has 0 spiro atoms. The second kappa shape index (κ2) is 39.0. The zero-order valence-corrected chi connectivity index (χ0v) is 39.4. The number of unbranched alkanes of at least 4 members (excludes halogenated alkanes) is 12. The summed E-state index contributed by atoms with van der Waals surface area (Å²) in [6.07, 6.45) is 30.5. The van der Waals surface area contributed by atoms with Crippen LogP contribution in [0.25, 0.3) is 0 Å². The minimum atomic E-state index is -0.823. The molecule has 0 bridgehead atoms. The fraction of sp³-hybridized carbons (Fsp3) is 0.933. The second-order valence-corrected chi connectivity index (χ2v) is 15.7. The first-order valence-corrected chi connectivity index (χ1v) is 22.0. The van der Waals surface area contributed by atoms with Crippen LogP contribution in [0.3, 0.4) is 0 Å². The molecule has 0 aliphatic heterocycles. The first-order valence-electron chi connectivity index (χ1n) is 22.0. The molecule has 1 radical (unpaired) electrons. The number of hydrogen-bond acceptors (Lipinski definition) is 6. The van der Waals surface area contributed by atoms with Gasteiger partial charge in [-0.2, -0.15) is 0 Å². The number of carboxylic acids is 3. The van der Waals surface area contributed by atoms with Crippen molar-refractivity contribution in [1.82, 2.24) is 0 Å². The normalized spacial score (nSPS) is 11.5. The smallest absolute Gasteiger partial charge is 0.550 e. The molecule has 0 saturated carbocycles. The molecule has 0 heterocycles. The number of carbonyl (C=O) groups is 3. The number of hydrogen-bond donors (Lipinski definition) is 0. The average molecular weight is 868 g/mol. The van der Waals surface area contributed by atoms with Crippen LogP contribution in [-0.2, 0) is 14.4 Å². The van der Waals surface area contributed by atoms with E-state index in [0.29, 0.717) is 0 Å². The summed E-state index contributed by atoms with van der Waals surface area (Å²) in [6, 6.07) is 0. The molecule has 7 heteroatoms. The molecule has 0 amide bonds. The van der Waals surface area contributed by atoms with Crippen molar-refractivity contribution in [2.24, 2.45) is 16.2 Å². The van der Waals surface area contributed by atoms with Gasteiger partial charge in [-0.05, 0) is 57.8 Å². The standard InChI is InChI=1S/3C15H30O2.Nd/c3*1-4-7-8-9-10-13-15(11-5-2,12-6-3)14(16)17;/h3*4-13H2,1-3H3,(H,16,17);/q;;;+3/p-3. The number of carbonyl (C=O) groups excluding carboxylic acids is 3. The predicted molar refractivity (Wildman–Crippen MR) is 212 cm³/mol. The quantitative estimate of drug-likeness (QED) is 0.0606. The average Bonchev–Trinajstić information content (AvgIpc) is 3.08. The summed E-state index contributed by atoms with van der Waals surface area (Å²) >= 11 is 0. The van der Waals surface area contributed by atoms with E-state index in [0.717, 1.165) is 135 Å². The Bertz CT molecular complexity index is 691. The summed E-state index contributed by atoms with van der Waals surface area (Å²) in [5, 5.41) is 34.2. The topological polar surface area (TPSA) is 120 Å². The van der Waals surface area contributed by atoms with Crippen LogP contribution in [0.1, 0.15) is 255 Å². The predicted octanol–water partition coefficient (Wildman–Crippen LogP) is 11.1. The number of aliphatic carboxylic acids is 3. The maximum Gasteiger partial charge on any atom is 3.00 e. The van der Waals surface area contributed by atoms with E-state index in [1.165, 1.54) is 57.8 Å². The van der Waals surface area contributed by atoms with Gasteiger partial charge in [-0.1, -0.05) is 197 Å². The van der Waals surface area contributed by atoms with Crippen molar-refractivity contribution in [3.8, 4) is 0 Å². The fourth-order valence-electron chi connectivity index (χ4n) is 8.12. The third-order valence-corrected chi connectivity index (χ3v) is 10.9. The van der Waals surface area contributed by atoms with Crippen LogP contribution >= 0.6 is 0 Å². The molecule has 0 aliphatic carbocycles. The van der Waals surface area contributed by atoms with Gasteiger partial charge in [0.1, 0.15) is 0 Å². The fourth-order valence-corrected chi connectivity index (χ4v) is 8.12. The van der Waals surface area contributed by atoms with Crippen LogP contribution in [-0.4, -0.2) is 17.9 Å². The van der Waals surface area contributed by atoms with Crippen molar-refractivity contribution in [2.45, 2.75) is 255 Å². The molecule has 0 aromatic heterocycles. The molecule has 0 aliphatic rings. The maximum absolute atomic E-state index is 11.4. The van der Waals surface area contributed by atoms with Gasteiger partial charge in [0.05, 0.1) is 0 Å². The molecule has 0 N–H and O–H groups in total. The van der Waals surface area contributed by atoms with Crippen LogP contribution in [0.4, 0.5) is 0 Å². The molecular formula is C45H87NdO6. The second-order valence-electron chi connectivity index (χ2n) is 15.7. The molecule has 52 heavy (non-hydrogen) atoms. The summed E-state index contributed by atoms with van der Waals surface area (Å²) in [7, 11) is 0. The molecule has 6 nitrogen and oxygen atoms in total. The van der Waals surface area contributed by atoms with E-state index >= 15 is 0 Å². The molecule has 307 valence electrons. The van der Waals surface area contributed by atoms with Gasteiger partial charge in [-0.3, -0.25) is 0 Å². The van der Waals surface area contributed by atoms with E-state index in [-0.39, 0.29) is 40.8 Å². The van der Waals surface area contributed by atoms with Crippen LogP contribution in [0.15, 0.2) is 0 Å². The summed E-state index contributed by atoms with van der Waals surface area (Å²) in [5.41, 5.74) is -1.64. The Kier molecular flexibility index (Phi) is 43.9. The van der Waals surface area contributed by atoms with Gasteiger partial charge in [-0.15, -0.1) is 0 Å². The Balaban J connectivity index is -0.000000329. The van der Waals surface area contributed by atoms with Crippen molar-refractivity contribution in [3.63, 3.8) is 0 Å². The van der Waals surface area contributed by atoms with E-state index in [2.05, 4.69) is 62.3 Å². The van der Waals surface area contributed by atoms with E-state index in [1.54, 1.807) is 0 Å².